The molecule has 2 nitrogen and oxygen atoms in total. The summed E-state index contributed by atoms with van der Waals surface area (Å²) in [5.41, 5.74) is -0.458. The summed E-state index contributed by atoms with van der Waals surface area (Å²) in [5, 5.41) is 0. The van der Waals surface area contributed by atoms with Crippen LogP contribution in [-0.2, 0) is 6.18 Å². The summed E-state index contributed by atoms with van der Waals surface area (Å²) in [6.07, 6.45) is -4.47. The predicted octanol–water partition coefficient (Wildman–Crippen LogP) is 2.42. The maximum atomic E-state index is 12.0. The predicted molar refractivity (Wildman–Crippen MR) is 33.8 cm³/mol. The van der Waals surface area contributed by atoms with E-state index in [-0.39, 0.29) is 12.0 Å². The lowest BCUT2D eigenvalue weighted by atomic mass is 10.2. The first kappa shape index (κ1) is 8.83. The number of hydrogen-bond donors (Lipinski definition) is 0. The number of halogens is 3. The number of aryl methyl sites for hydroxylation is 1. The first-order valence-electron chi connectivity index (χ1n) is 3.08. The molecule has 0 N–H and O–H groups in total. The van der Waals surface area contributed by atoms with E-state index < -0.39 is 17.5 Å². The van der Waals surface area contributed by atoms with Crippen molar-refractivity contribution in [3.63, 3.8) is 0 Å². The third-order valence-electron chi connectivity index (χ3n) is 1.27. The zero-order valence-corrected chi connectivity index (χ0v) is 6.11. The molecule has 0 spiro atoms. The lowest BCUT2D eigenvalue weighted by Crippen LogP contribution is -2.05. The van der Waals surface area contributed by atoms with Gasteiger partial charge in [0.05, 0.1) is 5.56 Å². The maximum Gasteiger partial charge on any atom is 0.450 e. The highest BCUT2D eigenvalue weighted by molar-refractivity contribution is 5.76. The molecular formula is C7H5F3O2. The molecule has 0 saturated heterocycles. The molecule has 0 atom stereocenters. The zero-order valence-electron chi connectivity index (χ0n) is 6.11. The lowest BCUT2D eigenvalue weighted by Gasteiger charge is -2.01. The number of aldehydes is 1. The number of hydrogen-bond acceptors (Lipinski definition) is 2. The first-order chi connectivity index (χ1) is 5.45. The Morgan fingerprint density at radius 1 is 1.50 bits per heavy atom. The van der Waals surface area contributed by atoms with Gasteiger partial charge in [-0.25, -0.2) is 0 Å². The highest BCUT2D eigenvalue weighted by Gasteiger charge is 2.37. The average Bonchev–Trinajstić information content (AvgIpc) is 2.29. The quantitative estimate of drug-likeness (QED) is 0.618. The molecule has 5 heteroatoms. The molecule has 1 aromatic heterocycles. The van der Waals surface area contributed by atoms with Gasteiger partial charge in [-0.05, 0) is 13.0 Å². The van der Waals surface area contributed by atoms with Crippen LogP contribution in [0.5, 0.6) is 0 Å². The molecule has 1 aromatic rings. The molecule has 12 heavy (non-hydrogen) atoms. The van der Waals surface area contributed by atoms with Crippen molar-refractivity contribution in [2.45, 2.75) is 13.1 Å². The Morgan fingerprint density at radius 2 is 2.08 bits per heavy atom. The van der Waals surface area contributed by atoms with Gasteiger partial charge in [-0.15, -0.1) is 0 Å². The van der Waals surface area contributed by atoms with Gasteiger partial charge in [0.1, 0.15) is 5.76 Å². The van der Waals surface area contributed by atoms with Crippen molar-refractivity contribution in [1.29, 1.82) is 0 Å². The maximum absolute atomic E-state index is 12.0. The molecule has 0 unspecified atom stereocenters. The standard InChI is InChI=1S/C7H5F3O2/c1-4-2-5(3-11)6(12-4)7(8,9)10/h2-3H,1H3. The summed E-state index contributed by atoms with van der Waals surface area (Å²) in [6, 6.07) is 1.05. The van der Waals surface area contributed by atoms with Crippen LogP contribution >= 0.6 is 0 Å². The minimum absolute atomic E-state index is 0.0735. The summed E-state index contributed by atoms with van der Waals surface area (Å²) in [5.74, 6) is -1.15. The van der Waals surface area contributed by atoms with Crippen LogP contribution in [0.3, 0.4) is 0 Å². The van der Waals surface area contributed by atoms with Gasteiger partial charge in [0.25, 0.3) is 0 Å². The van der Waals surface area contributed by atoms with E-state index in [1.54, 1.807) is 0 Å². The molecule has 1 rings (SSSR count). The lowest BCUT2D eigenvalue weighted by molar-refractivity contribution is -0.153. The smallest absolute Gasteiger partial charge is 0.450 e. The van der Waals surface area contributed by atoms with Crippen molar-refractivity contribution in [3.8, 4) is 0 Å². The molecule has 0 amide bonds. The molecule has 0 aliphatic carbocycles. The van der Waals surface area contributed by atoms with Crippen LogP contribution in [0.1, 0.15) is 21.9 Å². The Kier molecular flexibility index (Phi) is 1.95. The van der Waals surface area contributed by atoms with E-state index in [1.807, 2.05) is 0 Å². The SMILES string of the molecule is Cc1cc(C=O)c(C(F)(F)F)o1. The van der Waals surface area contributed by atoms with E-state index in [9.17, 15) is 18.0 Å². The topological polar surface area (TPSA) is 30.2 Å². The second-order valence-corrected chi connectivity index (χ2v) is 2.26. The second-order valence-electron chi connectivity index (χ2n) is 2.26. The van der Waals surface area contributed by atoms with E-state index in [0.717, 1.165) is 6.07 Å². The van der Waals surface area contributed by atoms with Gasteiger partial charge in [0.2, 0.25) is 5.76 Å². The molecule has 0 aromatic carbocycles. The minimum atomic E-state index is -4.59. The Balaban J connectivity index is 3.22. The van der Waals surface area contributed by atoms with Crippen LogP contribution in [0.4, 0.5) is 13.2 Å². The van der Waals surface area contributed by atoms with Crippen molar-refractivity contribution < 1.29 is 22.4 Å². The highest BCUT2D eigenvalue weighted by Crippen LogP contribution is 2.33. The summed E-state index contributed by atoms with van der Waals surface area (Å²) >= 11 is 0. The van der Waals surface area contributed by atoms with Crippen LogP contribution in [0.25, 0.3) is 0 Å². The van der Waals surface area contributed by atoms with Crippen molar-refractivity contribution >= 4 is 6.29 Å². The second kappa shape index (κ2) is 2.66. The molecule has 0 aliphatic heterocycles. The summed E-state index contributed by atoms with van der Waals surface area (Å²) in [7, 11) is 0. The summed E-state index contributed by atoms with van der Waals surface area (Å²) in [4.78, 5) is 10.1. The van der Waals surface area contributed by atoms with Gasteiger partial charge in [-0.3, -0.25) is 4.79 Å². The van der Waals surface area contributed by atoms with E-state index in [4.69, 9.17) is 0 Å². The highest BCUT2D eigenvalue weighted by atomic mass is 19.4. The fraction of sp³-hybridized carbons (Fsp3) is 0.286. The van der Waals surface area contributed by atoms with Crippen molar-refractivity contribution in [3.05, 3.63) is 23.2 Å². The molecule has 0 fully saturated rings. The van der Waals surface area contributed by atoms with Crippen LogP contribution in [0.2, 0.25) is 0 Å². The zero-order chi connectivity index (χ0) is 9.35. The van der Waals surface area contributed by atoms with Crippen molar-refractivity contribution in [2.24, 2.45) is 0 Å². The number of carbonyl (C=O) groups excluding carboxylic acids is 1. The van der Waals surface area contributed by atoms with Crippen molar-refractivity contribution in [1.82, 2.24) is 0 Å². The number of carbonyl (C=O) groups is 1. The van der Waals surface area contributed by atoms with Gasteiger partial charge < -0.3 is 4.42 Å². The Labute approximate surface area is 66.0 Å². The number of alkyl halides is 3. The molecule has 1 heterocycles. The van der Waals surface area contributed by atoms with Gasteiger partial charge in [-0.1, -0.05) is 0 Å². The fourth-order valence-corrected chi connectivity index (χ4v) is 0.843. The number of rotatable bonds is 1. The summed E-state index contributed by atoms with van der Waals surface area (Å²) in [6.45, 7) is 1.35. The summed E-state index contributed by atoms with van der Waals surface area (Å²) < 4.78 is 40.3. The van der Waals surface area contributed by atoms with Crippen LogP contribution in [0, 0.1) is 6.92 Å². The van der Waals surface area contributed by atoms with Crippen molar-refractivity contribution in [2.75, 3.05) is 0 Å². The van der Waals surface area contributed by atoms with E-state index in [1.165, 1.54) is 6.92 Å². The Morgan fingerprint density at radius 3 is 2.42 bits per heavy atom. The van der Waals surface area contributed by atoms with Gasteiger partial charge >= 0.3 is 6.18 Å². The van der Waals surface area contributed by atoms with Crippen LogP contribution < -0.4 is 0 Å². The third-order valence-corrected chi connectivity index (χ3v) is 1.27. The minimum Gasteiger partial charge on any atom is -0.456 e. The molecule has 0 saturated carbocycles. The monoisotopic (exact) mass is 178 g/mol. The number of furan rings is 1. The van der Waals surface area contributed by atoms with Gasteiger partial charge in [0.15, 0.2) is 6.29 Å². The van der Waals surface area contributed by atoms with E-state index >= 15 is 0 Å². The molecule has 0 aliphatic rings. The average molecular weight is 178 g/mol. The van der Waals surface area contributed by atoms with Gasteiger partial charge in [0, 0.05) is 0 Å². The molecule has 0 bridgehead atoms. The van der Waals surface area contributed by atoms with Crippen LogP contribution in [0.15, 0.2) is 10.5 Å². The largest absolute Gasteiger partial charge is 0.456 e. The van der Waals surface area contributed by atoms with E-state index in [2.05, 4.69) is 4.42 Å². The first-order valence-corrected chi connectivity index (χ1v) is 3.08. The molecule has 66 valence electrons. The Bertz CT molecular complexity index is 298. The Hall–Kier alpha value is -1.26. The normalized spacial score (nSPS) is 11.7. The van der Waals surface area contributed by atoms with Crippen LogP contribution in [-0.4, -0.2) is 6.29 Å². The van der Waals surface area contributed by atoms with E-state index in [0.29, 0.717) is 0 Å². The molecular weight excluding hydrogens is 173 g/mol. The third kappa shape index (κ3) is 1.49. The van der Waals surface area contributed by atoms with Gasteiger partial charge in [-0.2, -0.15) is 13.2 Å². The fourth-order valence-electron chi connectivity index (χ4n) is 0.843. The molecule has 0 radical (unpaired) electrons.